The Labute approximate surface area is 173 Å². The highest BCUT2D eigenvalue weighted by atomic mass is 32.2. The number of sulfonamides is 1. The van der Waals surface area contributed by atoms with Gasteiger partial charge in [0.15, 0.2) is 0 Å². The smallest absolute Gasteiger partial charge is 0.283 e. The molecule has 4 nitrogen and oxygen atoms in total. The molecule has 0 N–H and O–H groups in total. The van der Waals surface area contributed by atoms with Crippen LogP contribution in [0.2, 0.25) is 22.7 Å². The van der Waals surface area contributed by atoms with Crippen LogP contribution in [0.4, 0.5) is 0 Å². The molecule has 6 heteroatoms. The molecule has 1 saturated heterocycles. The topological polar surface area (TPSA) is 49.7 Å². The van der Waals surface area contributed by atoms with Crippen LogP contribution in [-0.2, 0) is 10.0 Å². The Morgan fingerprint density at radius 1 is 0.964 bits per heavy atom. The number of hydrogen-bond acceptors (Lipinski definition) is 2. The molecule has 0 aromatic heterocycles. The lowest BCUT2D eigenvalue weighted by Crippen LogP contribution is -2.48. The molecule has 0 spiro atoms. The Bertz CT molecular complexity index is 755. The third kappa shape index (κ3) is 4.88. The summed E-state index contributed by atoms with van der Waals surface area (Å²) in [6.07, 6.45) is 2.23. The third-order valence-corrected chi connectivity index (χ3v) is 15.4. The molecule has 0 aliphatic carbocycles. The molecule has 28 heavy (non-hydrogen) atoms. The predicted octanol–water partition coefficient (Wildman–Crippen LogP) is 5.86. The minimum atomic E-state index is -3.69. The maximum absolute atomic E-state index is 13.1. The number of benzene rings is 1. The molecule has 1 fully saturated rings. The number of amidine groups is 1. The van der Waals surface area contributed by atoms with E-state index in [4.69, 9.17) is 0 Å². The first-order chi connectivity index (χ1) is 13.0. The maximum Gasteiger partial charge on any atom is 0.283 e. The number of hydrogen-bond donors (Lipinski definition) is 0. The molecule has 0 bridgehead atoms. The molecule has 1 aliphatic rings. The number of rotatable bonds is 7. The molecule has 0 saturated carbocycles. The standard InChI is InChI=1S/C22H38N2O2SSi/c1-17(2)28(18(3)4,19(5)6)16-22(24-14-8-9-15-24)23-27(25,26)21-12-10-20(7)11-13-21/h10-13,17-19H,8-9,14-16H2,1-7H3/b23-22+. The van der Waals surface area contributed by atoms with Gasteiger partial charge in [0.2, 0.25) is 0 Å². The first-order valence-electron chi connectivity index (χ1n) is 10.7. The van der Waals surface area contributed by atoms with Gasteiger partial charge in [-0.25, -0.2) is 0 Å². The van der Waals surface area contributed by atoms with E-state index < -0.39 is 18.1 Å². The van der Waals surface area contributed by atoms with Crippen molar-refractivity contribution in [1.29, 1.82) is 0 Å². The van der Waals surface area contributed by atoms with Crippen LogP contribution in [0.15, 0.2) is 33.6 Å². The van der Waals surface area contributed by atoms with Crippen LogP contribution in [0.1, 0.15) is 59.9 Å². The first kappa shape index (κ1) is 23.1. The Morgan fingerprint density at radius 3 is 1.86 bits per heavy atom. The van der Waals surface area contributed by atoms with Gasteiger partial charge in [0.1, 0.15) is 5.84 Å². The van der Waals surface area contributed by atoms with Crippen molar-refractivity contribution >= 4 is 23.9 Å². The molecule has 1 heterocycles. The van der Waals surface area contributed by atoms with Crippen molar-refractivity contribution in [3.63, 3.8) is 0 Å². The minimum Gasteiger partial charge on any atom is -0.360 e. The van der Waals surface area contributed by atoms with Gasteiger partial charge in [0.05, 0.1) is 13.0 Å². The summed E-state index contributed by atoms with van der Waals surface area (Å²) in [4.78, 5) is 2.53. The Hall–Kier alpha value is -1.14. The van der Waals surface area contributed by atoms with Crippen LogP contribution in [0.25, 0.3) is 0 Å². The van der Waals surface area contributed by atoms with Crippen molar-refractivity contribution in [1.82, 2.24) is 4.90 Å². The van der Waals surface area contributed by atoms with E-state index in [1.54, 1.807) is 12.1 Å². The molecule has 1 aromatic carbocycles. The van der Waals surface area contributed by atoms with Gasteiger partial charge in [0.25, 0.3) is 10.0 Å². The molecule has 2 rings (SSSR count). The molecule has 158 valence electrons. The lowest BCUT2D eigenvalue weighted by atomic mass is 10.2. The molecule has 0 radical (unpaired) electrons. The summed E-state index contributed by atoms with van der Waals surface area (Å²) in [6.45, 7) is 17.7. The van der Waals surface area contributed by atoms with Crippen LogP contribution in [-0.4, -0.2) is 40.3 Å². The normalized spacial score (nSPS) is 16.6. The number of aryl methyl sites for hydroxylation is 1. The van der Waals surface area contributed by atoms with E-state index in [-0.39, 0.29) is 0 Å². The fourth-order valence-electron chi connectivity index (χ4n) is 4.96. The summed E-state index contributed by atoms with van der Waals surface area (Å²) in [5.41, 5.74) is 2.76. The molecule has 1 aromatic rings. The van der Waals surface area contributed by atoms with Gasteiger partial charge in [-0.1, -0.05) is 75.9 Å². The molecule has 1 aliphatic heterocycles. The van der Waals surface area contributed by atoms with Crippen molar-refractivity contribution in [2.75, 3.05) is 13.1 Å². The lowest BCUT2D eigenvalue weighted by Gasteiger charge is -2.44. The minimum absolute atomic E-state index is 0.292. The SMILES string of the molecule is Cc1ccc(S(=O)(=O)/N=C(\C[Si](C(C)C)(C(C)C)C(C)C)N2CCCC2)cc1. The van der Waals surface area contributed by atoms with Gasteiger partial charge in [-0.2, -0.15) is 8.42 Å². The fraction of sp³-hybridized carbons (Fsp3) is 0.682. The molecule has 0 unspecified atom stereocenters. The molecule has 0 atom stereocenters. The van der Waals surface area contributed by atoms with Crippen molar-refractivity contribution in [3.8, 4) is 0 Å². The van der Waals surface area contributed by atoms with Crippen LogP contribution >= 0.6 is 0 Å². The fourth-order valence-corrected chi connectivity index (χ4v) is 12.2. The summed E-state index contributed by atoms with van der Waals surface area (Å²) in [5, 5.41) is 0. The zero-order valence-electron chi connectivity index (χ0n) is 18.7. The van der Waals surface area contributed by atoms with E-state index in [1.807, 2.05) is 19.1 Å². The van der Waals surface area contributed by atoms with E-state index in [1.165, 1.54) is 0 Å². The highest BCUT2D eigenvalue weighted by Crippen LogP contribution is 2.45. The van der Waals surface area contributed by atoms with E-state index >= 15 is 0 Å². The third-order valence-electron chi connectivity index (χ3n) is 6.70. The summed E-state index contributed by atoms with van der Waals surface area (Å²) in [7, 11) is -5.50. The van der Waals surface area contributed by atoms with Crippen LogP contribution in [0.5, 0.6) is 0 Å². The highest BCUT2D eigenvalue weighted by molar-refractivity contribution is 7.90. The zero-order valence-corrected chi connectivity index (χ0v) is 20.5. The van der Waals surface area contributed by atoms with E-state index in [0.717, 1.165) is 43.4 Å². The summed E-state index contributed by atoms with van der Waals surface area (Å²) < 4.78 is 30.7. The Morgan fingerprint density at radius 2 is 1.43 bits per heavy atom. The van der Waals surface area contributed by atoms with Crippen LogP contribution in [0.3, 0.4) is 0 Å². The second kappa shape index (κ2) is 9.12. The van der Waals surface area contributed by atoms with E-state index in [2.05, 4.69) is 50.8 Å². The maximum atomic E-state index is 13.1. The monoisotopic (exact) mass is 422 g/mol. The van der Waals surface area contributed by atoms with Gasteiger partial charge in [-0.15, -0.1) is 4.40 Å². The Balaban J connectivity index is 2.52. The quantitative estimate of drug-likeness (QED) is 0.314. The van der Waals surface area contributed by atoms with Gasteiger partial charge in [0, 0.05) is 19.1 Å². The lowest BCUT2D eigenvalue weighted by molar-refractivity contribution is 0.514. The van der Waals surface area contributed by atoms with Gasteiger partial charge in [-0.3, -0.25) is 0 Å². The average Bonchev–Trinajstić information content (AvgIpc) is 3.12. The van der Waals surface area contributed by atoms with Crippen molar-refractivity contribution in [3.05, 3.63) is 29.8 Å². The molecular weight excluding hydrogens is 384 g/mol. The second-order valence-electron chi connectivity index (χ2n) is 9.24. The predicted molar refractivity (Wildman–Crippen MR) is 122 cm³/mol. The Kier molecular flexibility index (Phi) is 7.54. The van der Waals surface area contributed by atoms with Gasteiger partial charge >= 0.3 is 0 Å². The average molecular weight is 423 g/mol. The number of nitrogens with zero attached hydrogens (tertiary/aromatic N) is 2. The van der Waals surface area contributed by atoms with Crippen molar-refractivity contribution < 1.29 is 8.42 Å². The van der Waals surface area contributed by atoms with Crippen molar-refractivity contribution in [2.24, 2.45) is 4.40 Å². The largest absolute Gasteiger partial charge is 0.360 e. The van der Waals surface area contributed by atoms with Gasteiger partial charge in [-0.05, 0) is 31.9 Å². The highest BCUT2D eigenvalue weighted by Gasteiger charge is 2.44. The molecule has 0 amide bonds. The van der Waals surface area contributed by atoms with E-state index in [0.29, 0.717) is 21.5 Å². The summed E-state index contributed by atoms with van der Waals surface area (Å²) in [6, 6.07) is 7.87. The van der Waals surface area contributed by atoms with E-state index in [9.17, 15) is 8.42 Å². The van der Waals surface area contributed by atoms with Gasteiger partial charge < -0.3 is 4.90 Å². The zero-order chi connectivity index (χ0) is 21.1. The second-order valence-corrected chi connectivity index (χ2v) is 16.9. The first-order valence-corrected chi connectivity index (χ1v) is 14.5. The summed E-state index contributed by atoms with van der Waals surface area (Å²) in [5.74, 6) is 0.806. The number of likely N-dealkylation sites (tertiary alicyclic amines) is 1. The van der Waals surface area contributed by atoms with Crippen LogP contribution in [0, 0.1) is 6.92 Å². The summed E-state index contributed by atoms with van der Waals surface area (Å²) >= 11 is 0. The van der Waals surface area contributed by atoms with Crippen LogP contribution < -0.4 is 0 Å². The molecular formula is C22H38N2O2SSi. The van der Waals surface area contributed by atoms with Crippen molar-refractivity contribution in [2.45, 2.75) is 88.9 Å².